The number of aromatic nitrogens is 2. The summed E-state index contributed by atoms with van der Waals surface area (Å²) in [6, 6.07) is 0.215. The molecule has 116 valence electrons. The monoisotopic (exact) mass is 309 g/mol. The molecular formula is C14H23N5OS. The van der Waals surface area contributed by atoms with Gasteiger partial charge in [0.15, 0.2) is 0 Å². The Bertz CT molecular complexity index is 460. The van der Waals surface area contributed by atoms with Crippen molar-refractivity contribution in [1.82, 2.24) is 25.1 Å². The number of carbonyl (C=O) groups excluding carboxylic acids is 1. The van der Waals surface area contributed by atoms with Crippen LogP contribution in [0.2, 0.25) is 0 Å². The molecule has 7 heteroatoms. The number of amides is 2. The van der Waals surface area contributed by atoms with E-state index in [1.54, 1.807) is 6.20 Å². The Kier molecular flexibility index (Phi) is 4.70. The summed E-state index contributed by atoms with van der Waals surface area (Å²) in [5.41, 5.74) is 0. The molecule has 3 heterocycles. The molecule has 3 rings (SSSR count). The van der Waals surface area contributed by atoms with E-state index in [4.69, 9.17) is 0 Å². The lowest BCUT2D eigenvalue weighted by molar-refractivity contribution is 0.106. The first-order valence-corrected chi connectivity index (χ1v) is 8.63. The first-order valence-electron chi connectivity index (χ1n) is 7.58. The highest BCUT2D eigenvalue weighted by molar-refractivity contribution is 8.00. The third kappa shape index (κ3) is 3.52. The number of hydrogen-bond donors (Lipinski definition) is 2. The van der Waals surface area contributed by atoms with Gasteiger partial charge in [-0.15, -0.1) is 0 Å². The highest BCUT2D eigenvalue weighted by atomic mass is 32.2. The SMILES string of the molecule is CN1CCN(C(=O)NC[C@H]2CCCS2)C[C@H]1c1ncc[nH]1. The fourth-order valence-corrected chi connectivity index (χ4v) is 4.13. The minimum Gasteiger partial charge on any atom is -0.347 e. The quantitative estimate of drug-likeness (QED) is 0.883. The van der Waals surface area contributed by atoms with Crippen molar-refractivity contribution in [2.45, 2.75) is 24.1 Å². The standard InChI is InChI=1S/C14H23N5OS/c1-18-6-7-19(10-12(18)13-15-4-5-16-13)14(20)17-9-11-3-2-8-21-11/h4-5,11-12H,2-3,6-10H2,1H3,(H,15,16)(H,17,20)/t11-,12+/m1/s1. The van der Waals surface area contributed by atoms with Gasteiger partial charge in [0.05, 0.1) is 6.04 Å². The van der Waals surface area contributed by atoms with Gasteiger partial charge in [-0.1, -0.05) is 0 Å². The number of imidazole rings is 1. The lowest BCUT2D eigenvalue weighted by atomic mass is 10.1. The first-order chi connectivity index (χ1) is 10.2. The van der Waals surface area contributed by atoms with E-state index < -0.39 is 0 Å². The van der Waals surface area contributed by atoms with E-state index in [1.165, 1.54) is 18.6 Å². The second-order valence-electron chi connectivity index (χ2n) is 5.74. The molecule has 0 bridgehead atoms. The van der Waals surface area contributed by atoms with Crippen LogP contribution in [0.3, 0.4) is 0 Å². The molecule has 2 aliphatic rings. The fourth-order valence-electron chi connectivity index (χ4n) is 2.93. The Labute approximate surface area is 129 Å². The van der Waals surface area contributed by atoms with Crippen LogP contribution in [0.4, 0.5) is 4.79 Å². The smallest absolute Gasteiger partial charge is 0.317 e. The van der Waals surface area contributed by atoms with Crippen molar-refractivity contribution in [3.63, 3.8) is 0 Å². The van der Waals surface area contributed by atoms with Gasteiger partial charge in [0.2, 0.25) is 0 Å². The number of piperazine rings is 1. The normalized spacial score (nSPS) is 27.0. The molecule has 0 radical (unpaired) electrons. The molecule has 6 nitrogen and oxygen atoms in total. The molecule has 2 amide bonds. The number of nitrogens with zero attached hydrogens (tertiary/aromatic N) is 3. The molecular weight excluding hydrogens is 286 g/mol. The summed E-state index contributed by atoms with van der Waals surface area (Å²) < 4.78 is 0. The van der Waals surface area contributed by atoms with Crippen molar-refractivity contribution in [2.75, 3.05) is 39.0 Å². The van der Waals surface area contributed by atoms with Gasteiger partial charge in [0, 0.05) is 43.8 Å². The zero-order valence-corrected chi connectivity index (χ0v) is 13.2. The molecule has 1 aromatic heterocycles. The number of aromatic amines is 1. The molecule has 0 unspecified atom stereocenters. The van der Waals surface area contributed by atoms with Crippen LogP contribution in [-0.4, -0.2) is 70.0 Å². The van der Waals surface area contributed by atoms with E-state index in [0.717, 1.165) is 25.5 Å². The highest BCUT2D eigenvalue weighted by Gasteiger charge is 2.30. The van der Waals surface area contributed by atoms with E-state index in [9.17, 15) is 4.79 Å². The van der Waals surface area contributed by atoms with Crippen LogP contribution < -0.4 is 5.32 Å². The maximum atomic E-state index is 12.3. The minimum atomic E-state index is 0.0622. The van der Waals surface area contributed by atoms with Crippen LogP contribution in [0.1, 0.15) is 24.7 Å². The van der Waals surface area contributed by atoms with E-state index in [2.05, 4.69) is 27.2 Å². The van der Waals surface area contributed by atoms with Gasteiger partial charge in [-0.2, -0.15) is 11.8 Å². The number of likely N-dealkylation sites (N-methyl/N-ethyl adjacent to an activating group) is 1. The number of nitrogens with one attached hydrogen (secondary N) is 2. The third-order valence-electron chi connectivity index (χ3n) is 4.28. The maximum Gasteiger partial charge on any atom is 0.317 e. The Morgan fingerprint density at radius 2 is 2.48 bits per heavy atom. The van der Waals surface area contributed by atoms with Crippen molar-refractivity contribution in [2.24, 2.45) is 0 Å². The Morgan fingerprint density at radius 3 is 3.19 bits per heavy atom. The molecule has 0 aliphatic carbocycles. The van der Waals surface area contributed by atoms with Crippen molar-refractivity contribution in [3.05, 3.63) is 18.2 Å². The summed E-state index contributed by atoms with van der Waals surface area (Å²) in [5, 5.41) is 3.69. The molecule has 21 heavy (non-hydrogen) atoms. The fraction of sp³-hybridized carbons (Fsp3) is 0.714. The summed E-state index contributed by atoms with van der Waals surface area (Å²) in [7, 11) is 2.08. The van der Waals surface area contributed by atoms with E-state index in [-0.39, 0.29) is 12.1 Å². The minimum absolute atomic E-state index is 0.0622. The zero-order chi connectivity index (χ0) is 14.7. The third-order valence-corrected chi connectivity index (χ3v) is 5.67. The Balaban J connectivity index is 1.54. The molecule has 2 atom stereocenters. The van der Waals surface area contributed by atoms with Crippen molar-refractivity contribution >= 4 is 17.8 Å². The van der Waals surface area contributed by atoms with Crippen LogP contribution in [0.25, 0.3) is 0 Å². The molecule has 2 saturated heterocycles. The van der Waals surface area contributed by atoms with Crippen LogP contribution >= 0.6 is 11.8 Å². The average Bonchev–Trinajstić information content (AvgIpc) is 3.18. The zero-order valence-electron chi connectivity index (χ0n) is 12.4. The van der Waals surface area contributed by atoms with Gasteiger partial charge in [0.25, 0.3) is 0 Å². The van der Waals surface area contributed by atoms with E-state index in [0.29, 0.717) is 11.8 Å². The largest absolute Gasteiger partial charge is 0.347 e. The highest BCUT2D eigenvalue weighted by Crippen LogP contribution is 2.25. The lowest BCUT2D eigenvalue weighted by Crippen LogP contribution is -2.52. The molecule has 2 fully saturated rings. The molecule has 0 spiro atoms. The van der Waals surface area contributed by atoms with Crippen LogP contribution in [0, 0.1) is 0 Å². The van der Waals surface area contributed by atoms with Gasteiger partial charge in [-0.05, 0) is 25.6 Å². The number of rotatable bonds is 3. The summed E-state index contributed by atoms with van der Waals surface area (Å²) >= 11 is 1.97. The second-order valence-corrected chi connectivity index (χ2v) is 7.15. The average molecular weight is 309 g/mol. The van der Waals surface area contributed by atoms with Crippen molar-refractivity contribution in [3.8, 4) is 0 Å². The molecule has 0 saturated carbocycles. The van der Waals surface area contributed by atoms with Gasteiger partial charge in [0.1, 0.15) is 5.82 Å². The number of H-pyrrole nitrogens is 1. The van der Waals surface area contributed by atoms with Gasteiger partial charge in [-0.25, -0.2) is 9.78 Å². The topological polar surface area (TPSA) is 64.3 Å². The lowest BCUT2D eigenvalue weighted by Gasteiger charge is -2.38. The summed E-state index contributed by atoms with van der Waals surface area (Å²) in [6.07, 6.45) is 6.10. The van der Waals surface area contributed by atoms with Crippen molar-refractivity contribution in [1.29, 1.82) is 0 Å². The van der Waals surface area contributed by atoms with Crippen LogP contribution in [0.5, 0.6) is 0 Å². The van der Waals surface area contributed by atoms with E-state index in [1.807, 2.05) is 22.9 Å². The number of urea groups is 1. The summed E-state index contributed by atoms with van der Waals surface area (Å²) in [6.45, 7) is 3.13. The first kappa shape index (κ1) is 14.7. The van der Waals surface area contributed by atoms with Crippen LogP contribution in [-0.2, 0) is 0 Å². The Hall–Kier alpha value is -1.21. The van der Waals surface area contributed by atoms with Crippen molar-refractivity contribution < 1.29 is 4.79 Å². The predicted molar refractivity (Wildman–Crippen MR) is 84.4 cm³/mol. The molecule has 2 aliphatic heterocycles. The van der Waals surface area contributed by atoms with Gasteiger partial charge < -0.3 is 15.2 Å². The van der Waals surface area contributed by atoms with Crippen LogP contribution in [0.15, 0.2) is 12.4 Å². The second kappa shape index (κ2) is 6.70. The van der Waals surface area contributed by atoms with E-state index >= 15 is 0 Å². The number of thioether (sulfide) groups is 1. The molecule has 0 aromatic carbocycles. The van der Waals surface area contributed by atoms with Gasteiger partial charge in [-0.3, -0.25) is 4.90 Å². The summed E-state index contributed by atoms with van der Waals surface area (Å²) in [5.74, 6) is 2.16. The molecule has 1 aromatic rings. The Morgan fingerprint density at radius 1 is 1.57 bits per heavy atom. The predicted octanol–water partition coefficient (Wildman–Crippen LogP) is 1.30. The summed E-state index contributed by atoms with van der Waals surface area (Å²) in [4.78, 5) is 24.0. The number of carbonyl (C=O) groups is 1. The number of hydrogen-bond acceptors (Lipinski definition) is 4. The molecule has 2 N–H and O–H groups in total. The maximum absolute atomic E-state index is 12.3. The van der Waals surface area contributed by atoms with Gasteiger partial charge >= 0.3 is 6.03 Å².